The molecule has 1 unspecified atom stereocenters. The van der Waals surface area contributed by atoms with Crippen LogP contribution in [0.3, 0.4) is 0 Å². The number of aromatic hydroxyl groups is 1. The average molecular weight is 341 g/mol. The first-order chi connectivity index (χ1) is 11.5. The molecule has 1 atom stereocenters. The van der Waals surface area contributed by atoms with Crippen LogP contribution in [-0.2, 0) is 5.60 Å². The fourth-order valence-corrected chi connectivity index (χ4v) is 2.65. The monoisotopic (exact) mass is 340 g/mol. The predicted octanol–water partition coefficient (Wildman–Crippen LogP) is 5.09. The van der Waals surface area contributed by atoms with Crippen LogP contribution in [0.5, 0.6) is 17.2 Å². The lowest BCUT2D eigenvalue weighted by atomic mass is 9.87. The fourth-order valence-electron chi connectivity index (χ4n) is 2.53. The van der Waals surface area contributed by atoms with Gasteiger partial charge in [0.15, 0.2) is 0 Å². The smallest absolute Gasteiger partial charge is 0.128 e. The third-order valence-electron chi connectivity index (χ3n) is 3.88. The van der Waals surface area contributed by atoms with E-state index in [9.17, 15) is 10.2 Å². The van der Waals surface area contributed by atoms with Gasteiger partial charge in [-0.1, -0.05) is 41.9 Å². The Hall–Kier alpha value is -2.49. The topological polar surface area (TPSA) is 49.7 Å². The second-order valence-electron chi connectivity index (χ2n) is 5.67. The van der Waals surface area contributed by atoms with E-state index in [1.54, 1.807) is 43.3 Å². The molecule has 3 rings (SSSR count). The van der Waals surface area contributed by atoms with Gasteiger partial charge in [0.25, 0.3) is 0 Å². The van der Waals surface area contributed by atoms with E-state index in [-0.39, 0.29) is 5.75 Å². The Morgan fingerprint density at radius 2 is 1.50 bits per heavy atom. The quantitative estimate of drug-likeness (QED) is 0.695. The van der Waals surface area contributed by atoms with E-state index in [2.05, 4.69) is 0 Å². The molecule has 0 amide bonds. The molecule has 24 heavy (non-hydrogen) atoms. The second-order valence-corrected chi connectivity index (χ2v) is 6.11. The Bertz CT molecular complexity index is 827. The van der Waals surface area contributed by atoms with Crippen molar-refractivity contribution >= 4 is 11.6 Å². The Balaban J connectivity index is 1.95. The van der Waals surface area contributed by atoms with Crippen molar-refractivity contribution in [3.8, 4) is 17.2 Å². The number of ether oxygens (including phenoxy) is 1. The van der Waals surface area contributed by atoms with Crippen molar-refractivity contribution in [1.82, 2.24) is 0 Å². The Labute approximate surface area is 145 Å². The maximum absolute atomic E-state index is 10.9. The molecule has 0 aliphatic heterocycles. The van der Waals surface area contributed by atoms with Crippen LogP contribution < -0.4 is 4.74 Å². The highest BCUT2D eigenvalue weighted by molar-refractivity contribution is 6.30. The highest BCUT2D eigenvalue weighted by Crippen LogP contribution is 2.38. The van der Waals surface area contributed by atoms with E-state index >= 15 is 0 Å². The summed E-state index contributed by atoms with van der Waals surface area (Å²) in [6.45, 7) is 1.64. The summed E-state index contributed by atoms with van der Waals surface area (Å²) in [6, 6.07) is 21.0. The average Bonchev–Trinajstić information content (AvgIpc) is 2.59. The lowest BCUT2D eigenvalue weighted by molar-refractivity contribution is 0.0989. The molecular formula is C20H17ClO3. The van der Waals surface area contributed by atoms with Crippen LogP contribution in [0, 0.1) is 0 Å². The fraction of sp³-hybridized carbons (Fsp3) is 0.100. The molecule has 0 spiro atoms. The lowest BCUT2D eigenvalue weighted by Crippen LogP contribution is -2.22. The molecule has 0 radical (unpaired) electrons. The molecule has 0 aliphatic carbocycles. The molecule has 0 saturated carbocycles. The minimum absolute atomic E-state index is 0.00677. The lowest BCUT2D eigenvalue weighted by Gasteiger charge is -2.25. The van der Waals surface area contributed by atoms with Gasteiger partial charge < -0.3 is 14.9 Å². The van der Waals surface area contributed by atoms with Gasteiger partial charge in [0, 0.05) is 10.6 Å². The van der Waals surface area contributed by atoms with Crippen molar-refractivity contribution in [2.45, 2.75) is 12.5 Å². The van der Waals surface area contributed by atoms with Crippen LogP contribution in [0.15, 0.2) is 72.8 Å². The van der Waals surface area contributed by atoms with Crippen LogP contribution in [0.2, 0.25) is 5.02 Å². The molecule has 4 heteroatoms. The summed E-state index contributed by atoms with van der Waals surface area (Å²) in [6.07, 6.45) is 0. The largest absolute Gasteiger partial charge is 0.508 e. The van der Waals surface area contributed by atoms with Crippen molar-refractivity contribution < 1.29 is 14.9 Å². The van der Waals surface area contributed by atoms with E-state index in [1.807, 2.05) is 30.3 Å². The normalized spacial score (nSPS) is 13.3. The summed E-state index contributed by atoms with van der Waals surface area (Å²) >= 11 is 5.87. The van der Waals surface area contributed by atoms with Crippen molar-refractivity contribution in [2.75, 3.05) is 0 Å². The third-order valence-corrected chi connectivity index (χ3v) is 4.13. The van der Waals surface area contributed by atoms with Crippen molar-refractivity contribution in [3.05, 3.63) is 88.9 Å². The van der Waals surface area contributed by atoms with Gasteiger partial charge in [-0.3, -0.25) is 0 Å². The minimum Gasteiger partial charge on any atom is -0.508 e. The van der Waals surface area contributed by atoms with E-state index in [4.69, 9.17) is 16.3 Å². The Morgan fingerprint density at radius 1 is 0.875 bits per heavy atom. The number of benzene rings is 3. The first-order valence-corrected chi connectivity index (χ1v) is 7.89. The summed E-state index contributed by atoms with van der Waals surface area (Å²) in [5.41, 5.74) is -0.283. The first kappa shape index (κ1) is 16.4. The SMILES string of the molecule is CC(O)(c1ccccc1)c1cc(Oc2ccc(Cl)cc2)ccc1O. The zero-order valence-corrected chi connectivity index (χ0v) is 13.9. The standard InChI is InChI=1S/C20H17ClO3/c1-20(23,14-5-3-2-4-6-14)18-13-17(11-12-19(18)22)24-16-9-7-15(21)8-10-16/h2-13,22-23H,1H3. The molecule has 3 nitrogen and oxygen atoms in total. The summed E-state index contributed by atoms with van der Waals surface area (Å²) in [5.74, 6) is 1.14. The Kier molecular flexibility index (Phi) is 4.47. The molecule has 2 N–H and O–H groups in total. The van der Waals surface area contributed by atoms with Gasteiger partial charge in [-0.25, -0.2) is 0 Å². The zero-order valence-electron chi connectivity index (χ0n) is 13.1. The molecule has 0 aliphatic rings. The second kappa shape index (κ2) is 6.56. The molecule has 0 aromatic heterocycles. The maximum atomic E-state index is 10.9. The number of hydrogen-bond donors (Lipinski definition) is 2. The molecule has 0 heterocycles. The van der Waals surface area contributed by atoms with Gasteiger partial charge in [-0.15, -0.1) is 0 Å². The summed E-state index contributed by atoms with van der Waals surface area (Å²) in [7, 11) is 0. The third kappa shape index (κ3) is 3.37. The highest BCUT2D eigenvalue weighted by Gasteiger charge is 2.29. The molecule has 0 bridgehead atoms. The van der Waals surface area contributed by atoms with Gasteiger partial charge >= 0.3 is 0 Å². The van der Waals surface area contributed by atoms with E-state index < -0.39 is 5.60 Å². The van der Waals surface area contributed by atoms with Gasteiger partial charge in [0.05, 0.1) is 0 Å². The minimum atomic E-state index is -1.34. The van der Waals surface area contributed by atoms with Gasteiger partial charge in [0.2, 0.25) is 0 Å². The number of rotatable bonds is 4. The van der Waals surface area contributed by atoms with Crippen LogP contribution in [-0.4, -0.2) is 10.2 Å². The van der Waals surface area contributed by atoms with Crippen LogP contribution in [0.4, 0.5) is 0 Å². The molecule has 3 aromatic carbocycles. The van der Waals surface area contributed by atoms with E-state index in [0.717, 1.165) is 0 Å². The van der Waals surface area contributed by atoms with E-state index in [1.165, 1.54) is 6.07 Å². The summed E-state index contributed by atoms with van der Waals surface area (Å²) < 4.78 is 5.78. The number of aliphatic hydroxyl groups is 1. The van der Waals surface area contributed by atoms with Crippen molar-refractivity contribution in [2.24, 2.45) is 0 Å². The summed E-state index contributed by atoms with van der Waals surface area (Å²) in [5, 5.41) is 21.8. The highest BCUT2D eigenvalue weighted by atomic mass is 35.5. The van der Waals surface area contributed by atoms with Crippen LogP contribution in [0.1, 0.15) is 18.1 Å². The zero-order chi connectivity index (χ0) is 17.2. The molecule has 0 saturated heterocycles. The number of hydrogen-bond acceptors (Lipinski definition) is 3. The number of halogens is 1. The van der Waals surface area contributed by atoms with E-state index in [0.29, 0.717) is 27.6 Å². The predicted molar refractivity (Wildman–Crippen MR) is 94.7 cm³/mol. The van der Waals surface area contributed by atoms with Crippen LogP contribution in [0.25, 0.3) is 0 Å². The molecule has 3 aromatic rings. The van der Waals surface area contributed by atoms with Crippen molar-refractivity contribution in [3.63, 3.8) is 0 Å². The van der Waals surface area contributed by atoms with Crippen LogP contribution >= 0.6 is 11.6 Å². The Morgan fingerprint density at radius 3 is 2.17 bits per heavy atom. The maximum Gasteiger partial charge on any atom is 0.128 e. The van der Waals surface area contributed by atoms with Crippen molar-refractivity contribution in [1.29, 1.82) is 0 Å². The first-order valence-electron chi connectivity index (χ1n) is 7.51. The number of phenolic OH excluding ortho intramolecular Hbond substituents is 1. The number of phenols is 1. The molecular weight excluding hydrogens is 324 g/mol. The van der Waals surface area contributed by atoms with Gasteiger partial charge in [-0.05, 0) is 55.0 Å². The van der Waals surface area contributed by atoms with Gasteiger partial charge in [-0.2, -0.15) is 0 Å². The molecule has 0 fully saturated rings. The molecule has 122 valence electrons. The summed E-state index contributed by atoms with van der Waals surface area (Å²) in [4.78, 5) is 0. The van der Waals surface area contributed by atoms with Gasteiger partial charge in [0.1, 0.15) is 22.8 Å².